The predicted molar refractivity (Wildman–Crippen MR) is 63.4 cm³/mol. The van der Waals surface area contributed by atoms with E-state index < -0.39 is 16.6 Å². The van der Waals surface area contributed by atoms with Crippen molar-refractivity contribution in [2.75, 3.05) is 0 Å². The molecule has 1 fully saturated rings. The fourth-order valence-electron chi connectivity index (χ4n) is 1.54. The highest BCUT2D eigenvalue weighted by Gasteiger charge is 2.24. The molecule has 0 spiro atoms. The number of nitro benzene ring substituents is 1. The molecule has 2 rings (SSSR count). The van der Waals surface area contributed by atoms with Crippen LogP contribution in [-0.2, 0) is 0 Å². The minimum atomic E-state index is -0.494. The molecule has 0 radical (unpaired) electrons. The average molecular weight is 254 g/mol. The number of nitrogens with zero attached hydrogens (tertiary/aromatic N) is 1. The first-order valence-electron chi connectivity index (χ1n) is 4.82. The predicted octanol–water partition coefficient (Wildman–Crippen LogP) is 0.709. The Morgan fingerprint density at radius 2 is 2.12 bits per heavy atom. The minimum Gasteiger partial charge on any atom is -0.318 e. The van der Waals surface area contributed by atoms with Crippen molar-refractivity contribution in [1.82, 2.24) is 16.0 Å². The van der Waals surface area contributed by atoms with Gasteiger partial charge in [0.25, 0.3) is 5.69 Å². The van der Waals surface area contributed by atoms with Crippen molar-refractivity contribution in [2.45, 2.75) is 11.7 Å². The Bertz CT molecular complexity index is 467. The molecular formula is C9H10N4O3S. The Hall–Kier alpha value is -1.80. The Balaban J connectivity index is 2.24. The highest BCUT2D eigenvalue weighted by atomic mass is 32.1. The van der Waals surface area contributed by atoms with Gasteiger partial charge in [0, 0.05) is 12.1 Å². The molecule has 8 heteroatoms. The van der Waals surface area contributed by atoms with Crippen LogP contribution in [0.15, 0.2) is 24.3 Å². The van der Waals surface area contributed by atoms with Crippen molar-refractivity contribution in [3.63, 3.8) is 0 Å². The molecule has 90 valence electrons. The van der Waals surface area contributed by atoms with Crippen LogP contribution in [0.4, 0.5) is 10.5 Å². The maximum Gasteiger partial charge on any atom is 0.318 e. The Morgan fingerprint density at radius 1 is 1.35 bits per heavy atom. The second-order valence-electron chi connectivity index (χ2n) is 3.47. The molecule has 7 nitrogen and oxygen atoms in total. The van der Waals surface area contributed by atoms with Gasteiger partial charge in [-0.2, -0.15) is 0 Å². The van der Waals surface area contributed by atoms with E-state index in [4.69, 9.17) is 0 Å². The summed E-state index contributed by atoms with van der Waals surface area (Å²) in [5, 5.41) is 18.6. The van der Waals surface area contributed by atoms with Gasteiger partial charge in [-0.25, -0.2) is 4.79 Å². The van der Waals surface area contributed by atoms with Gasteiger partial charge in [0.2, 0.25) is 0 Å². The van der Waals surface area contributed by atoms with Crippen molar-refractivity contribution in [1.29, 1.82) is 0 Å². The lowest BCUT2D eigenvalue weighted by atomic mass is 10.1. The molecule has 0 saturated carbocycles. The van der Waals surface area contributed by atoms with Crippen LogP contribution >= 0.6 is 12.6 Å². The smallest absolute Gasteiger partial charge is 0.318 e. The molecule has 1 aromatic rings. The van der Waals surface area contributed by atoms with Crippen LogP contribution < -0.4 is 16.0 Å². The molecule has 17 heavy (non-hydrogen) atoms. The number of hydrogen-bond donors (Lipinski definition) is 4. The molecule has 0 aromatic heterocycles. The first-order valence-corrected chi connectivity index (χ1v) is 5.33. The molecular weight excluding hydrogens is 244 g/mol. The zero-order valence-electron chi connectivity index (χ0n) is 8.58. The standard InChI is InChI=1S/C9H10N4O3S/c14-8-10-7(11-9(17)12-8)5-2-1-3-6(4-5)13(15)16/h1-4,7,9,11,17H,(H2,10,12,14). The first kappa shape index (κ1) is 11.7. The van der Waals surface area contributed by atoms with Gasteiger partial charge in [-0.3, -0.25) is 15.4 Å². The molecule has 2 amide bonds. The summed E-state index contributed by atoms with van der Waals surface area (Å²) in [5.74, 6) is 0. The number of benzene rings is 1. The van der Waals surface area contributed by atoms with E-state index in [2.05, 4.69) is 28.6 Å². The van der Waals surface area contributed by atoms with Gasteiger partial charge in [-0.1, -0.05) is 12.1 Å². The first-order chi connectivity index (χ1) is 8.06. The van der Waals surface area contributed by atoms with Crippen LogP contribution in [0.2, 0.25) is 0 Å². The summed E-state index contributed by atoms with van der Waals surface area (Å²) in [5.41, 5.74) is 0.0916. The Labute approximate surface area is 102 Å². The molecule has 1 saturated heterocycles. The number of rotatable bonds is 2. The van der Waals surface area contributed by atoms with Crippen LogP contribution in [0.1, 0.15) is 11.7 Å². The van der Waals surface area contributed by atoms with E-state index in [0.717, 1.165) is 0 Å². The van der Waals surface area contributed by atoms with Crippen LogP contribution in [0.3, 0.4) is 0 Å². The van der Waals surface area contributed by atoms with E-state index in [-0.39, 0.29) is 11.7 Å². The highest BCUT2D eigenvalue weighted by molar-refractivity contribution is 7.80. The van der Waals surface area contributed by atoms with E-state index in [9.17, 15) is 14.9 Å². The summed E-state index contributed by atoms with van der Waals surface area (Å²) in [7, 11) is 0. The number of nitro groups is 1. The van der Waals surface area contributed by atoms with Gasteiger partial charge in [-0.15, -0.1) is 12.6 Å². The van der Waals surface area contributed by atoms with Crippen molar-refractivity contribution in [3.05, 3.63) is 39.9 Å². The Morgan fingerprint density at radius 3 is 2.76 bits per heavy atom. The number of thiol groups is 1. The minimum absolute atomic E-state index is 0.0206. The molecule has 0 bridgehead atoms. The Kier molecular flexibility index (Phi) is 3.16. The molecule has 1 aliphatic rings. The summed E-state index contributed by atoms with van der Waals surface area (Å²) in [6, 6.07) is 5.68. The lowest BCUT2D eigenvalue weighted by Crippen LogP contribution is -2.58. The van der Waals surface area contributed by atoms with E-state index in [1.807, 2.05) is 0 Å². The lowest BCUT2D eigenvalue weighted by molar-refractivity contribution is -0.384. The third-order valence-corrected chi connectivity index (χ3v) is 2.56. The van der Waals surface area contributed by atoms with Gasteiger partial charge in [0.05, 0.1) is 4.92 Å². The summed E-state index contributed by atoms with van der Waals surface area (Å²) in [4.78, 5) is 21.4. The molecule has 2 atom stereocenters. The number of non-ortho nitro benzene ring substituents is 1. The summed E-state index contributed by atoms with van der Waals surface area (Å²) in [6.07, 6.45) is -0.494. The van der Waals surface area contributed by atoms with E-state index >= 15 is 0 Å². The quantitative estimate of drug-likeness (QED) is 0.355. The summed E-state index contributed by atoms with van der Waals surface area (Å²) < 4.78 is 0. The molecule has 2 unspecified atom stereocenters. The molecule has 3 N–H and O–H groups in total. The van der Waals surface area contributed by atoms with Crippen molar-refractivity contribution < 1.29 is 9.72 Å². The number of carbonyl (C=O) groups excluding carboxylic acids is 1. The van der Waals surface area contributed by atoms with Gasteiger partial charge in [0.1, 0.15) is 11.7 Å². The number of carbonyl (C=O) groups is 1. The number of nitrogens with one attached hydrogen (secondary N) is 3. The van der Waals surface area contributed by atoms with Crippen molar-refractivity contribution in [2.24, 2.45) is 0 Å². The van der Waals surface area contributed by atoms with E-state index in [1.54, 1.807) is 12.1 Å². The van der Waals surface area contributed by atoms with Crippen LogP contribution in [0, 0.1) is 10.1 Å². The molecule has 1 heterocycles. The SMILES string of the molecule is O=C1NC(S)NC(c2cccc([N+](=O)[O-])c2)N1. The third kappa shape index (κ3) is 2.66. The fourth-order valence-corrected chi connectivity index (χ4v) is 1.80. The van der Waals surface area contributed by atoms with Gasteiger partial charge >= 0.3 is 6.03 Å². The number of amides is 2. The monoisotopic (exact) mass is 254 g/mol. The van der Waals surface area contributed by atoms with Gasteiger partial charge < -0.3 is 10.6 Å². The van der Waals surface area contributed by atoms with Crippen LogP contribution in [-0.4, -0.2) is 16.5 Å². The maximum absolute atomic E-state index is 11.2. The van der Waals surface area contributed by atoms with Gasteiger partial charge in [-0.05, 0) is 5.56 Å². The third-order valence-electron chi connectivity index (χ3n) is 2.28. The molecule has 1 aliphatic heterocycles. The van der Waals surface area contributed by atoms with Crippen LogP contribution in [0.5, 0.6) is 0 Å². The zero-order valence-corrected chi connectivity index (χ0v) is 9.48. The normalized spacial score (nSPS) is 23.7. The average Bonchev–Trinajstić information content (AvgIpc) is 2.28. The summed E-state index contributed by atoms with van der Waals surface area (Å²) >= 11 is 4.08. The topological polar surface area (TPSA) is 96.3 Å². The lowest BCUT2D eigenvalue weighted by Gasteiger charge is -2.30. The van der Waals surface area contributed by atoms with Gasteiger partial charge in [0.15, 0.2) is 0 Å². The zero-order chi connectivity index (χ0) is 12.4. The van der Waals surface area contributed by atoms with Crippen LogP contribution in [0.25, 0.3) is 0 Å². The second-order valence-corrected chi connectivity index (χ2v) is 3.99. The number of hydrogen-bond acceptors (Lipinski definition) is 5. The highest BCUT2D eigenvalue weighted by Crippen LogP contribution is 2.19. The van der Waals surface area contributed by atoms with Crippen molar-refractivity contribution in [3.8, 4) is 0 Å². The summed E-state index contributed by atoms with van der Waals surface area (Å²) in [6.45, 7) is 0. The largest absolute Gasteiger partial charge is 0.318 e. The van der Waals surface area contributed by atoms with E-state index in [0.29, 0.717) is 5.56 Å². The maximum atomic E-state index is 11.2. The molecule has 0 aliphatic carbocycles. The second kappa shape index (κ2) is 4.60. The van der Waals surface area contributed by atoms with E-state index in [1.165, 1.54) is 12.1 Å². The fraction of sp³-hybridized carbons (Fsp3) is 0.222. The van der Waals surface area contributed by atoms with Crippen molar-refractivity contribution >= 4 is 24.3 Å². The number of urea groups is 1. The molecule has 1 aromatic carbocycles.